The molecule has 0 saturated heterocycles. The lowest BCUT2D eigenvalue weighted by Crippen LogP contribution is -2.47. The van der Waals surface area contributed by atoms with Crippen LogP contribution in [0.15, 0.2) is 53.1 Å². The van der Waals surface area contributed by atoms with Gasteiger partial charge < -0.3 is 14.8 Å². The Morgan fingerprint density at radius 3 is 2.53 bits per heavy atom. The minimum absolute atomic E-state index is 0.000764. The quantitative estimate of drug-likeness (QED) is 0.865. The highest BCUT2D eigenvalue weighted by molar-refractivity contribution is 5.26. The van der Waals surface area contributed by atoms with E-state index < -0.39 is 5.60 Å². The molecule has 0 radical (unpaired) electrons. The molecule has 0 spiro atoms. The minimum atomic E-state index is -0.528. The first-order valence-electron chi connectivity index (χ1n) is 6.81. The highest BCUT2D eigenvalue weighted by Crippen LogP contribution is 2.32. The third kappa shape index (κ3) is 2.72. The van der Waals surface area contributed by atoms with Gasteiger partial charge in [-0.1, -0.05) is 30.3 Å². The third-order valence-corrected chi connectivity index (χ3v) is 3.88. The standard InChI is InChI=1S/C16H19NO2/c18-16(9-5-10-16)12-17-15(14-8-4-11-19-14)13-6-2-1-3-7-13/h1-4,6-8,11,15,17-18H,5,9-10,12H2. The minimum Gasteiger partial charge on any atom is -0.467 e. The summed E-state index contributed by atoms with van der Waals surface area (Å²) in [5.41, 5.74) is 0.625. The molecule has 1 saturated carbocycles. The van der Waals surface area contributed by atoms with Crippen molar-refractivity contribution in [1.29, 1.82) is 0 Å². The number of furan rings is 1. The van der Waals surface area contributed by atoms with Crippen molar-refractivity contribution >= 4 is 0 Å². The van der Waals surface area contributed by atoms with E-state index in [4.69, 9.17) is 4.42 Å². The number of benzene rings is 1. The second-order valence-electron chi connectivity index (χ2n) is 5.32. The summed E-state index contributed by atoms with van der Waals surface area (Å²) in [6, 6.07) is 14.1. The molecule has 1 unspecified atom stereocenters. The Bertz CT molecular complexity index is 503. The predicted octanol–water partition coefficient (Wildman–Crippen LogP) is 2.87. The maximum Gasteiger partial charge on any atom is 0.125 e. The fourth-order valence-corrected chi connectivity index (χ4v) is 2.54. The molecule has 1 atom stereocenters. The van der Waals surface area contributed by atoms with E-state index in [1.807, 2.05) is 30.3 Å². The molecule has 3 rings (SSSR count). The molecule has 3 nitrogen and oxygen atoms in total. The van der Waals surface area contributed by atoms with Crippen molar-refractivity contribution in [3.8, 4) is 0 Å². The van der Waals surface area contributed by atoms with Crippen molar-refractivity contribution in [3.05, 3.63) is 60.1 Å². The molecule has 1 aliphatic carbocycles. The van der Waals surface area contributed by atoms with Gasteiger partial charge in [0, 0.05) is 6.54 Å². The lowest BCUT2D eigenvalue weighted by Gasteiger charge is -2.37. The Kier molecular flexibility index (Phi) is 3.40. The molecular weight excluding hydrogens is 238 g/mol. The zero-order valence-electron chi connectivity index (χ0n) is 10.9. The maximum absolute atomic E-state index is 10.2. The van der Waals surface area contributed by atoms with E-state index in [1.54, 1.807) is 6.26 Å². The lowest BCUT2D eigenvalue weighted by molar-refractivity contribution is -0.0328. The average Bonchev–Trinajstić information content (AvgIpc) is 2.92. The van der Waals surface area contributed by atoms with Crippen LogP contribution in [0.3, 0.4) is 0 Å². The Labute approximate surface area is 113 Å². The second-order valence-corrected chi connectivity index (χ2v) is 5.32. The molecule has 1 fully saturated rings. The number of hydrogen-bond acceptors (Lipinski definition) is 3. The van der Waals surface area contributed by atoms with Crippen LogP contribution in [0, 0.1) is 0 Å². The topological polar surface area (TPSA) is 45.4 Å². The van der Waals surface area contributed by atoms with Gasteiger partial charge in [-0.2, -0.15) is 0 Å². The molecule has 1 aromatic carbocycles. The molecule has 1 heterocycles. The van der Waals surface area contributed by atoms with Crippen molar-refractivity contribution in [2.45, 2.75) is 30.9 Å². The first kappa shape index (κ1) is 12.5. The van der Waals surface area contributed by atoms with E-state index in [2.05, 4.69) is 17.4 Å². The van der Waals surface area contributed by atoms with Crippen molar-refractivity contribution in [2.24, 2.45) is 0 Å². The van der Waals surface area contributed by atoms with Gasteiger partial charge >= 0.3 is 0 Å². The second kappa shape index (κ2) is 5.19. The number of hydrogen-bond donors (Lipinski definition) is 2. The summed E-state index contributed by atoms with van der Waals surface area (Å²) in [7, 11) is 0. The van der Waals surface area contributed by atoms with Crippen LogP contribution in [0.2, 0.25) is 0 Å². The van der Waals surface area contributed by atoms with Gasteiger partial charge in [-0.15, -0.1) is 0 Å². The largest absolute Gasteiger partial charge is 0.467 e. The molecule has 0 amide bonds. The molecule has 2 N–H and O–H groups in total. The van der Waals surface area contributed by atoms with Crippen LogP contribution in [0.4, 0.5) is 0 Å². The average molecular weight is 257 g/mol. The van der Waals surface area contributed by atoms with Crippen LogP contribution in [0.1, 0.15) is 36.6 Å². The van der Waals surface area contributed by atoms with Gasteiger partial charge in [0.2, 0.25) is 0 Å². The zero-order valence-corrected chi connectivity index (χ0v) is 10.9. The maximum atomic E-state index is 10.2. The number of nitrogens with one attached hydrogen (secondary N) is 1. The van der Waals surface area contributed by atoms with E-state index in [0.717, 1.165) is 30.6 Å². The first-order chi connectivity index (χ1) is 9.27. The van der Waals surface area contributed by atoms with E-state index in [0.29, 0.717) is 6.54 Å². The van der Waals surface area contributed by atoms with Gasteiger partial charge in [-0.3, -0.25) is 0 Å². The summed E-state index contributed by atoms with van der Waals surface area (Å²) in [6.45, 7) is 0.604. The first-order valence-corrected chi connectivity index (χ1v) is 6.81. The Hall–Kier alpha value is -1.58. The highest BCUT2D eigenvalue weighted by atomic mass is 16.3. The summed E-state index contributed by atoms with van der Waals surface area (Å²) < 4.78 is 5.52. The summed E-state index contributed by atoms with van der Waals surface area (Å²) in [4.78, 5) is 0. The van der Waals surface area contributed by atoms with Crippen LogP contribution in [0.5, 0.6) is 0 Å². The van der Waals surface area contributed by atoms with Crippen LogP contribution in [-0.4, -0.2) is 17.3 Å². The number of rotatable bonds is 5. The fourth-order valence-electron chi connectivity index (χ4n) is 2.54. The molecule has 3 heteroatoms. The van der Waals surface area contributed by atoms with Gasteiger partial charge in [0.25, 0.3) is 0 Å². The van der Waals surface area contributed by atoms with Crippen LogP contribution in [-0.2, 0) is 0 Å². The van der Waals surface area contributed by atoms with E-state index in [1.165, 1.54) is 0 Å². The molecular formula is C16H19NO2. The van der Waals surface area contributed by atoms with Gasteiger partial charge in [0.15, 0.2) is 0 Å². The molecule has 0 aliphatic heterocycles. The van der Waals surface area contributed by atoms with Gasteiger partial charge in [-0.25, -0.2) is 0 Å². The van der Waals surface area contributed by atoms with Gasteiger partial charge in [-0.05, 0) is 37.0 Å². The molecule has 1 aromatic heterocycles. The molecule has 1 aliphatic rings. The smallest absolute Gasteiger partial charge is 0.125 e. The normalized spacial score (nSPS) is 18.8. The highest BCUT2D eigenvalue weighted by Gasteiger charge is 2.35. The van der Waals surface area contributed by atoms with Crippen molar-refractivity contribution in [1.82, 2.24) is 5.32 Å². The zero-order chi connectivity index (χ0) is 13.1. The Morgan fingerprint density at radius 1 is 1.16 bits per heavy atom. The van der Waals surface area contributed by atoms with E-state index in [-0.39, 0.29) is 6.04 Å². The van der Waals surface area contributed by atoms with Crippen molar-refractivity contribution in [2.75, 3.05) is 6.54 Å². The summed E-state index contributed by atoms with van der Waals surface area (Å²) in [6.07, 6.45) is 4.58. The fraction of sp³-hybridized carbons (Fsp3) is 0.375. The van der Waals surface area contributed by atoms with Crippen LogP contribution in [0.25, 0.3) is 0 Å². The van der Waals surface area contributed by atoms with Gasteiger partial charge in [0.05, 0.1) is 17.9 Å². The monoisotopic (exact) mass is 257 g/mol. The predicted molar refractivity (Wildman–Crippen MR) is 73.8 cm³/mol. The number of aliphatic hydroxyl groups is 1. The molecule has 2 aromatic rings. The van der Waals surface area contributed by atoms with Gasteiger partial charge in [0.1, 0.15) is 5.76 Å². The summed E-state index contributed by atoms with van der Waals surface area (Å²) >= 11 is 0. The van der Waals surface area contributed by atoms with Crippen LogP contribution >= 0.6 is 0 Å². The summed E-state index contributed by atoms with van der Waals surface area (Å²) in [5.74, 6) is 0.883. The molecule has 19 heavy (non-hydrogen) atoms. The van der Waals surface area contributed by atoms with Crippen LogP contribution < -0.4 is 5.32 Å². The summed E-state index contributed by atoms with van der Waals surface area (Å²) in [5, 5.41) is 13.6. The molecule has 100 valence electrons. The molecule has 0 bridgehead atoms. The van der Waals surface area contributed by atoms with Crippen molar-refractivity contribution < 1.29 is 9.52 Å². The Morgan fingerprint density at radius 2 is 1.95 bits per heavy atom. The SMILES string of the molecule is OC1(CNC(c2ccccc2)c2ccco2)CCC1. The van der Waals surface area contributed by atoms with E-state index >= 15 is 0 Å². The third-order valence-electron chi connectivity index (χ3n) is 3.88. The van der Waals surface area contributed by atoms with E-state index in [9.17, 15) is 5.11 Å². The Balaban J connectivity index is 1.77. The van der Waals surface area contributed by atoms with Crippen molar-refractivity contribution in [3.63, 3.8) is 0 Å². The lowest BCUT2D eigenvalue weighted by atomic mass is 9.80.